The number of benzene rings is 1. The van der Waals surface area contributed by atoms with Gasteiger partial charge in [0.25, 0.3) is 0 Å². The maximum absolute atomic E-state index is 13.8. The molecule has 4 heteroatoms. The third-order valence-corrected chi connectivity index (χ3v) is 5.11. The van der Waals surface area contributed by atoms with Gasteiger partial charge >= 0.3 is 5.97 Å². The van der Waals surface area contributed by atoms with E-state index in [-0.39, 0.29) is 17.9 Å². The van der Waals surface area contributed by atoms with Crippen LogP contribution < -0.4 is 0 Å². The lowest BCUT2D eigenvalue weighted by Gasteiger charge is -2.31. The number of rotatable bonds is 3. The van der Waals surface area contributed by atoms with E-state index in [4.69, 9.17) is 9.47 Å². The van der Waals surface area contributed by atoms with Gasteiger partial charge in [0.05, 0.1) is 18.6 Å². The summed E-state index contributed by atoms with van der Waals surface area (Å²) in [5.74, 6) is -1.18. The molecule has 2 unspecified atom stereocenters. The highest BCUT2D eigenvalue weighted by molar-refractivity contribution is 5.78. The molecule has 1 saturated carbocycles. The van der Waals surface area contributed by atoms with Crippen molar-refractivity contribution in [2.45, 2.75) is 71.0 Å². The average Bonchev–Trinajstić information content (AvgIpc) is 3.25. The van der Waals surface area contributed by atoms with Gasteiger partial charge in [-0.05, 0) is 82.1 Å². The number of esters is 1. The molecule has 0 N–H and O–H groups in total. The van der Waals surface area contributed by atoms with E-state index in [9.17, 15) is 9.18 Å². The first-order valence-electron chi connectivity index (χ1n) is 8.83. The Labute approximate surface area is 143 Å². The third-order valence-electron chi connectivity index (χ3n) is 5.11. The van der Waals surface area contributed by atoms with Crippen molar-refractivity contribution in [1.82, 2.24) is 0 Å². The molecule has 0 bridgehead atoms. The molecule has 2 atom stereocenters. The van der Waals surface area contributed by atoms with Gasteiger partial charge in [0, 0.05) is 0 Å². The van der Waals surface area contributed by atoms with Crippen LogP contribution in [0.25, 0.3) is 0 Å². The fraction of sp³-hybridized carbons (Fsp3) is 0.650. The molecule has 0 amide bonds. The van der Waals surface area contributed by atoms with Gasteiger partial charge in [-0.3, -0.25) is 4.79 Å². The molecule has 1 heterocycles. The summed E-state index contributed by atoms with van der Waals surface area (Å²) in [6.07, 6.45) is 4.53. The number of hydrogen-bond acceptors (Lipinski definition) is 3. The Morgan fingerprint density at radius 2 is 2.04 bits per heavy atom. The lowest BCUT2D eigenvalue weighted by atomic mass is 9.87. The van der Waals surface area contributed by atoms with Gasteiger partial charge in [0.15, 0.2) is 0 Å². The summed E-state index contributed by atoms with van der Waals surface area (Å²) in [6, 6.07) is 4.67. The zero-order chi connectivity index (χ0) is 17.5. The van der Waals surface area contributed by atoms with Crippen LogP contribution in [0, 0.1) is 11.2 Å². The van der Waals surface area contributed by atoms with Crippen LogP contribution in [0.1, 0.15) is 76.5 Å². The van der Waals surface area contributed by atoms with Crippen LogP contribution >= 0.6 is 0 Å². The Bertz CT molecular complexity index is 618. The van der Waals surface area contributed by atoms with Gasteiger partial charge in [-0.2, -0.15) is 0 Å². The highest BCUT2D eigenvalue weighted by atomic mass is 19.1. The van der Waals surface area contributed by atoms with E-state index in [1.807, 2.05) is 20.8 Å². The molecule has 2 aliphatic rings. The van der Waals surface area contributed by atoms with Gasteiger partial charge in [-0.15, -0.1) is 0 Å². The standard InChI is InChI=1S/C20H27FO3/c1-13(18(22)24-19(2,3)4)16-11-14(21)5-6-15(16)17-7-8-20(9-10-20)12-23-17/h5-6,11,13,17H,7-10,12H2,1-4H3. The summed E-state index contributed by atoms with van der Waals surface area (Å²) in [5.41, 5.74) is 1.46. The topological polar surface area (TPSA) is 35.5 Å². The van der Waals surface area contributed by atoms with Gasteiger partial charge < -0.3 is 9.47 Å². The molecule has 2 fully saturated rings. The lowest BCUT2D eigenvalue weighted by molar-refractivity contribution is -0.156. The van der Waals surface area contributed by atoms with Crippen LogP contribution in [-0.4, -0.2) is 18.2 Å². The van der Waals surface area contributed by atoms with Crippen molar-refractivity contribution in [3.8, 4) is 0 Å². The van der Waals surface area contributed by atoms with Crippen molar-refractivity contribution in [1.29, 1.82) is 0 Å². The summed E-state index contributed by atoms with van der Waals surface area (Å²) in [5, 5.41) is 0. The minimum Gasteiger partial charge on any atom is -0.460 e. The van der Waals surface area contributed by atoms with E-state index >= 15 is 0 Å². The second-order valence-electron chi connectivity index (χ2n) is 8.37. The van der Waals surface area contributed by atoms with Crippen molar-refractivity contribution >= 4 is 5.97 Å². The SMILES string of the molecule is CC(C(=O)OC(C)(C)C)c1cc(F)ccc1C1CCC2(CC2)CO1. The number of carbonyl (C=O) groups excluding carboxylic acids is 1. The molecule has 0 radical (unpaired) electrons. The Morgan fingerprint density at radius 1 is 1.33 bits per heavy atom. The number of hydrogen-bond donors (Lipinski definition) is 0. The summed E-state index contributed by atoms with van der Waals surface area (Å²) in [4.78, 5) is 12.4. The largest absolute Gasteiger partial charge is 0.460 e. The normalized spacial score (nSPS) is 23.8. The molecular weight excluding hydrogens is 307 g/mol. The maximum Gasteiger partial charge on any atom is 0.313 e. The smallest absolute Gasteiger partial charge is 0.313 e. The Morgan fingerprint density at radius 3 is 2.58 bits per heavy atom. The molecule has 1 spiro atoms. The van der Waals surface area contributed by atoms with Crippen LogP contribution in [0.15, 0.2) is 18.2 Å². The molecule has 1 aliphatic carbocycles. The molecule has 1 aromatic carbocycles. The van der Waals surface area contributed by atoms with E-state index in [1.54, 1.807) is 13.0 Å². The second-order valence-corrected chi connectivity index (χ2v) is 8.37. The van der Waals surface area contributed by atoms with Crippen LogP contribution in [0.3, 0.4) is 0 Å². The van der Waals surface area contributed by atoms with E-state index in [0.29, 0.717) is 11.0 Å². The molecule has 0 aromatic heterocycles. The third kappa shape index (κ3) is 3.80. The predicted octanol–water partition coefficient (Wildman–Crippen LogP) is 4.90. The number of carbonyl (C=O) groups is 1. The van der Waals surface area contributed by atoms with E-state index < -0.39 is 11.5 Å². The average molecular weight is 334 g/mol. The fourth-order valence-electron chi connectivity index (χ4n) is 3.42. The quantitative estimate of drug-likeness (QED) is 0.737. The van der Waals surface area contributed by atoms with Crippen molar-refractivity contribution in [2.75, 3.05) is 6.61 Å². The van der Waals surface area contributed by atoms with Crippen molar-refractivity contribution in [2.24, 2.45) is 5.41 Å². The summed E-state index contributed by atoms with van der Waals surface area (Å²) < 4.78 is 25.4. The Balaban J connectivity index is 1.81. The Hall–Kier alpha value is -1.42. The molecule has 1 aliphatic heterocycles. The first-order chi connectivity index (χ1) is 11.2. The van der Waals surface area contributed by atoms with Gasteiger partial charge in [-0.1, -0.05) is 6.07 Å². The monoisotopic (exact) mass is 334 g/mol. The zero-order valence-corrected chi connectivity index (χ0v) is 15.0. The van der Waals surface area contributed by atoms with Gasteiger partial charge in [0.1, 0.15) is 11.4 Å². The molecule has 3 nitrogen and oxygen atoms in total. The fourth-order valence-corrected chi connectivity index (χ4v) is 3.42. The number of ether oxygens (including phenoxy) is 2. The van der Waals surface area contributed by atoms with Crippen LogP contribution in [0.4, 0.5) is 4.39 Å². The lowest BCUT2D eigenvalue weighted by Crippen LogP contribution is -2.28. The van der Waals surface area contributed by atoms with Crippen molar-refractivity contribution in [3.05, 3.63) is 35.1 Å². The molecule has 132 valence electrons. The van der Waals surface area contributed by atoms with Gasteiger partial charge in [-0.25, -0.2) is 4.39 Å². The highest BCUT2D eigenvalue weighted by Crippen LogP contribution is 2.54. The van der Waals surface area contributed by atoms with Crippen LogP contribution in [0.5, 0.6) is 0 Å². The first kappa shape index (κ1) is 17.4. The van der Waals surface area contributed by atoms with Crippen LogP contribution in [0.2, 0.25) is 0 Å². The van der Waals surface area contributed by atoms with Crippen molar-refractivity contribution < 1.29 is 18.7 Å². The summed E-state index contributed by atoms with van der Waals surface area (Å²) in [7, 11) is 0. The molecular formula is C20H27FO3. The summed E-state index contributed by atoms with van der Waals surface area (Å²) in [6.45, 7) is 8.06. The zero-order valence-electron chi connectivity index (χ0n) is 15.0. The predicted molar refractivity (Wildman–Crippen MR) is 90.3 cm³/mol. The van der Waals surface area contributed by atoms with E-state index in [1.165, 1.54) is 25.0 Å². The minimum absolute atomic E-state index is 0.0586. The molecule has 1 saturated heterocycles. The second kappa shape index (κ2) is 6.14. The van der Waals surface area contributed by atoms with Crippen LogP contribution in [-0.2, 0) is 14.3 Å². The van der Waals surface area contributed by atoms with E-state index in [0.717, 1.165) is 25.0 Å². The highest BCUT2D eigenvalue weighted by Gasteiger charge is 2.46. The molecule has 1 aromatic rings. The van der Waals surface area contributed by atoms with E-state index in [2.05, 4.69) is 0 Å². The van der Waals surface area contributed by atoms with Crippen molar-refractivity contribution in [3.63, 3.8) is 0 Å². The Kier molecular flexibility index (Phi) is 4.45. The molecule has 24 heavy (non-hydrogen) atoms. The van der Waals surface area contributed by atoms with Gasteiger partial charge in [0.2, 0.25) is 0 Å². The maximum atomic E-state index is 13.8. The molecule has 3 rings (SSSR count). The summed E-state index contributed by atoms with van der Waals surface area (Å²) >= 11 is 0. The number of halogens is 1. The first-order valence-corrected chi connectivity index (χ1v) is 8.83. The minimum atomic E-state index is -0.557.